The van der Waals surface area contributed by atoms with Gasteiger partial charge in [-0.2, -0.15) is 0 Å². The van der Waals surface area contributed by atoms with Crippen molar-refractivity contribution in [3.8, 4) is 0 Å². The Labute approximate surface area is 385 Å². The molecule has 0 aliphatic rings. The van der Waals surface area contributed by atoms with Crippen LogP contribution in [0.1, 0.15) is 271 Å². The number of hydrogen-bond acceptors (Lipinski definition) is 5. The van der Waals surface area contributed by atoms with Crippen molar-refractivity contribution in [3.63, 3.8) is 0 Å². The second-order valence-electron chi connectivity index (χ2n) is 18.3. The first kappa shape index (κ1) is 59.8. The van der Waals surface area contributed by atoms with Crippen LogP contribution in [0.2, 0.25) is 0 Å². The first-order valence-electron chi connectivity index (χ1n) is 26.9. The minimum Gasteiger partial charge on any atom is -0.461 e. The summed E-state index contributed by atoms with van der Waals surface area (Å²) in [5, 5.41) is 23.7. The predicted molar refractivity (Wildman–Crippen MR) is 269 cm³/mol. The fraction of sp³-hybridized carbons (Fsp3) is 0.821. The van der Waals surface area contributed by atoms with Crippen LogP contribution in [0.3, 0.4) is 0 Å². The summed E-state index contributed by atoms with van der Waals surface area (Å²) >= 11 is 0. The molecular weight excluding hydrogens is 767 g/mol. The van der Waals surface area contributed by atoms with Gasteiger partial charge in [0.2, 0.25) is 5.91 Å². The van der Waals surface area contributed by atoms with Crippen LogP contribution >= 0.6 is 0 Å². The van der Waals surface area contributed by atoms with Gasteiger partial charge in [0, 0.05) is 12.8 Å². The van der Waals surface area contributed by atoms with Crippen LogP contribution in [0, 0.1) is 0 Å². The molecule has 0 spiro atoms. The molecule has 0 aliphatic heterocycles. The van der Waals surface area contributed by atoms with Gasteiger partial charge in [-0.3, -0.25) is 9.59 Å². The van der Waals surface area contributed by atoms with Crippen molar-refractivity contribution >= 4 is 11.9 Å². The Morgan fingerprint density at radius 3 is 1.29 bits per heavy atom. The molecule has 0 radical (unpaired) electrons. The molecule has 362 valence electrons. The number of nitrogens with one attached hydrogen (secondary N) is 1. The van der Waals surface area contributed by atoms with Crippen LogP contribution in [-0.2, 0) is 14.3 Å². The summed E-state index contributed by atoms with van der Waals surface area (Å²) in [4.78, 5) is 26.1. The molecule has 0 aromatic rings. The summed E-state index contributed by atoms with van der Waals surface area (Å²) in [5.41, 5.74) is 0. The molecule has 3 N–H and O–H groups in total. The quantitative estimate of drug-likeness (QED) is 0.0322. The molecule has 0 aliphatic carbocycles. The minimum absolute atomic E-state index is 0.00444. The van der Waals surface area contributed by atoms with Gasteiger partial charge < -0.3 is 20.3 Å². The van der Waals surface area contributed by atoms with Gasteiger partial charge in [-0.25, -0.2) is 0 Å². The number of rotatable bonds is 48. The average molecular weight is 870 g/mol. The largest absolute Gasteiger partial charge is 0.461 e. The van der Waals surface area contributed by atoms with E-state index < -0.39 is 18.2 Å². The number of aliphatic hydroxyl groups is 2. The molecule has 1 amide bonds. The van der Waals surface area contributed by atoms with Gasteiger partial charge in [-0.05, 0) is 44.9 Å². The van der Waals surface area contributed by atoms with Gasteiger partial charge in [-0.15, -0.1) is 0 Å². The van der Waals surface area contributed by atoms with Crippen molar-refractivity contribution in [2.24, 2.45) is 0 Å². The Morgan fingerprint density at radius 1 is 0.484 bits per heavy atom. The highest BCUT2D eigenvalue weighted by Gasteiger charge is 2.23. The van der Waals surface area contributed by atoms with Crippen molar-refractivity contribution in [1.82, 2.24) is 5.32 Å². The highest BCUT2D eigenvalue weighted by molar-refractivity contribution is 5.77. The van der Waals surface area contributed by atoms with E-state index in [9.17, 15) is 19.8 Å². The Hall–Kier alpha value is -2.18. The third-order valence-electron chi connectivity index (χ3n) is 12.2. The van der Waals surface area contributed by atoms with E-state index in [1.54, 1.807) is 0 Å². The number of carbonyl (C=O) groups is 2. The number of hydrogen-bond donors (Lipinski definition) is 3. The smallest absolute Gasteiger partial charge is 0.306 e. The van der Waals surface area contributed by atoms with Gasteiger partial charge in [0.15, 0.2) is 0 Å². The van der Waals surface area contributed by atoms with Gasteiger partial charge in [0.05, 0.1) is 25.2 Å². The third kappa shape index (κ3) is 44.4. The molecule has 0 fully saturated rings. The molecule has 0 bridgehead atoms. The molecule has 6 heteroatoms. The summed E-state index contributed by atoms with van der Waals surface area (Å²) in [6.45, 7) is 6.44. The molecule has 0 rings (SSSR count). The zero-order chi connectivity index (χ0) is 45.2. The van der Waals surface area contributed by atoms with Gasteiger partial charge in [0.1, 0.15) is 6.10 Å². The fourth-order valence-corrected chi connectivity index (χ4v) is 8.06. The van der Waals surface area contributed by atoms with Crippen molar-refractivity contribution in [2.45, 2.75) is 289 Å². The monoisotopic (exact) mass is 870 g/mol. The summed E-state index contributed by atoms with van der Waals surface area (Å²) in [6.07, 6.45) is 60.5. The fourth-order valence-electron chi connectivity index (χ4n) is 8.06. The highest BCUT2D eigenvalue weighted by Crippen LogP contribution is 2.17. The van der Waals surface area contributed by atoms with E-state index in [0.717, 1.165) is 57.8 Å². The van der Waals surface area contributed by atoms with Crippen LogP contribution < -0.4 is 5.32 Å². The number of allylic oxidation sites excluding steroid dienone is 7. The van der Waals surface area contributed by atoms with Crippen LogP contribution in [-0.4, -0.2) is 46.9 Å². The first-order chi connectivity index (χ1) is 30.5. The maximum absolute atomic E-state index is 13.2. The van der Waals surface area contributed by atoms with Crippen LogP contribution in [0.4, 0.5) is 0 Å². The minimum atomic E-state index is -0.809. The molecular formula is C56H103NO5. The summed E-state index contributed by atoms with van der Waals surface area (Å²) in [6, 6.07) is -0.728. The normalized spacial score (nSPS) is 13.6. The second-order valence-corrected chi connectivity index (χ2v) is 18.3. The summed E-state index contributed by atoms with van der Waals surface area (Å²) < 4.78 is 5.88. The van der Waals surface area contributed by atoms with E-state index in [-0.39, 0.29) is 24.9 Å². The lowest BCUT2D eigenvalue weighted by atomic mass is 10.0. The van der Waals surface area contributed by atoms with E-state index in [1.165, 1.54) is 167 Å². The topological polar surface area (TPSA) is 95.9 Å². The number of ether oxygens (including phenoxy) is 1. The second kappa shape index (κ2) is 49.8. The van der Waals surface area contributed by atoms with Crippen LogP contribution in [0.15, 0.2) is 48.6 Å². The Morgan fingerprint density at radius 2 is 0.855 bits per heavy atom. The molecule has 3 atom stereocenters. The first-order valence-corrected chi connectivity index (χ1v) is 26.9. The zero-order valence-corrected chi connectivity index (χ0v) is 41.3. The SMILES string of the molecule is CCCCC/C=C\C/C=C\C/C=C\C/C=C\CC(CC(=O)NC(CO)C(O)CCCCCCCCCCCCC)OC(=O)CCCCCCCCCCCCCCCCCCC. The van der Waals surface area contributed by atoms with Crippen molar-refractivity contribution in [3.05, 3.63) is 48.6 Å². The predicted octanol–water partition coefficient (Wildman–Crippen LogP) is 16.2. The Balaban J connectivity index is 4.66. The standard InChI is InChI=1S/C56H103NO5/c1-4-7-10-13-16-19-22-24-26-27-29-31-34-37-40-43-46-49-56(61)62-52(47-44-41-38-35-33-30-28-25-23-20-17-14-11-8-5-2)50-55(60)57-53(51-58)54(59)48-45-42-39-36-32-21-18-15-12-9-6-3/h17,20,25,28,33,35,41,44,52-54,58-59H,4-16,18-19,21-24,26-27,29-32,34,36-40,42-43,45-51H2,1-3H3,(H,57,60)/b20-17-,28-25-,35-33-,44-41-. The maximum atomic E-state index is 13.2. The van der Waals surface area contributed by atoms with E-state index in [2.05, 4.69) is 68.6 Å². The maximum Gasteiger partial charge on any atom is 0.306 e. The molecule has 0 saturated carbocycles. The number of esters is 1. The molecule has 0 aromatic carbocycles. The van der Waals surface area contributed by atoms with Crippen molar-refractivity contribution in [1.29, 1.82) is 0 Å². The van der Waals surface area contributed by atoms with Crippen LogP contribution in [0.5, 0.6) is 0 Å². The average Bonchev–Trinajstić information content (AvgIpc) is 3.26. The van der Waals surface area contributed by atoms with Gasteiger partial charge in [-0.1, -0.05) is 256 Å². The van der Waals surface area contributed by atoms with E-state index >= 15 is 0 Å². The lowest BCUT2D eigenvalue weighted by Gasteiger charge is -2.24. The molecule has 62 heavy (non-hydrogen) atoms. The van der Waals surface area contributed by atoms with Crippen molar-refractivity contribution < 1.29 is 24.5 Å². The van der Waals surface area contributed by atoms with Gasteiger partial charge >= 0.3 is 5.97 Å². The molecule has 0 heterocycles. The molecule has 6 nitrogen and oxygen atoms in total. The van der Waals surface area contributed by atoms with Crippen LogP contribution in [0.25, 0.3) is 0 Å². The lowest BCUT2D eigenvalue weighted by Crippen LogP contribution is -2.46. The highest BCUT2D eigenvalue weighted by atomic mass is 16.5. The Bertz CT molecular complexity index is 1070. The number of unbranched alkanes of at least 4 members (excludes halogenated alkanes) is 29. The van der Waals surface area contributed by atoms with Crippen molar-refractivity contribution in [2.75, 3.05) is 6.61 Å². The van der Waals surface area contributed by atoms with E-state index in [0.29, 0.717) is 19.3 Å². The molecule has 3 unspecified atom stereocenters. The summed E-state index contributed by atoms with van der Waals surface area (Å²) in [5.74, 6) is -0.566. The zero-order valence-electron chi connectivity index (χ0n) is 41.3. The Kier molecular flexibility index (Phi) is 48.1. The number of aliphatic hydroxyl groups excluding tert-OH is 2. The molecule has 0 aromatic heterocycles. The number of amides is 1. The number of carbonyl (C=O) groups excluding carboxylic acids is 2. The van der Waals surface area contributed by atoms with E-state index in [1.807, 2.05) is 6.08 Å². The molecule has 0 saturated heterocycles. The van der Waals surface area contributed by atoms with Gasteiger partial charge in [0.25, 0.3) is 0 Å². The summed E-state index contributed by atoms with van der Waals surface area (Å²) in [7, 11) is 0. The lowest BCUT2D eigenvalue weighted by molar-refractivity contribution is -0.150. The third-order valence-corrected chi connectivity index (χ3v) is 12.2. The van der Waals surface area contributed by atoms with E-state index in [4.69, 9.17) is 4.74 Å².